The number of carbonyl (C=O) groups excluding carboxylic acids is 1. The molecule has 0 saturated heterocycles. The summed E-state index contributed by atoms with van der Waals surface area (Å²) in [5, 5.41) is 14.9. The summed E-state index contributed by atoms with van der Waals surface area (Å²) in [6, 6.07) is 15.9. The zero-order valence-corrected chi connectivity index (χ0v) is 16.9. The summed E-state index contributed by atoms with van der Waals surface area (Å²) in [4.78, 5) is 32.0. The zero-order valence-electron chi connectivity index (χ0n) is 16.9. The third-order valence-corrected chi connectivity index (χ3v) is 4.38. The first kappa shape index (κ1) is 21.6. The molecule has 31 heavy (non-hydrogen) atoms. The van der Waals surface area contributed by atoms with Crippen molar-refractivity contribution in [2.75, 3.05) is 6.61 Å². The van der Waals surface area contributed by atoms with Gasteiger partial charge in [-0.25, -0.2) is 4.79 Å². The standard InChI is InChI=1S/C23H21N3O5/c1-2-3-16-30-21-10-6-19(7-11-21)23(27)31-25-22(18-12-14-24-15-13-18)17-4-8-20(9-5-17)26(28)29/h4-15H,2-3,16H2,1H3/b25-22+. The average molecular weight is 419 g/mol. The van der Waals surface area contributed by atoms with Gasteiger partial charge in [0.05, 0.1) is 17.1 Å². The van der Waals surface area contributed by atoms with Crippen LogP contribution in [0.1, 0.15) is 41.3 Å². The molecule has 3 rings (SSSR count). The van der Waals surface area contributed by atoms with Crippen LogP contribution in [0, 0.1) is 10.1 Å². The molecule has 158 valence electrons. The second kappa shape index (κ2) is 10.6. The number of non-ortho nitro benzene ring substituents is 1. The number of pyridine rings is 1. The van der Waals surface area contributed by atoms with Crippen molar-refractivity contribution in [3.63, 3.8) is 0 Å². The molecular weight excluding hydrogens is 398 g/mol. The van der Waals surface area contributed by atoms with Crippen LogP contribution in [-0.2, 0) is 4.84 Å². The van der Waals surface area contributed by atoms with Gasteiger partial charge in [0.2, 0.25) is 0 Å². The highest BCUT2D eigenvalue weighted by atomic mass is 16.7. The van der Waals surface area contributed by atoms with Gasteiger partial charge < -0.3 is 9.57 Å². The monoisotopic (exact) mass is 419 g/mol. The number of oxime groups is 1. The molecule has 2 aromatic carbocycles. The van der Waals surface area contributed by atoms with Gasteiger partial charge in [-0.1, -0.05) is 18.5 Å². The predicted octanol–water partition coefficient (Wildman–Crippen LogP) is 4.78. The van der Waals surface area contributed by atoms with Gasteiger partial charge in [0.15, 0.2) is 0 Å². The minimum atomic E-state index is -0.631. The molecule has 0 radical (unpaired) electrons. The number of carbonyl (C=O) groups is 1. The maximum absolute atomic E-state index is 12.5. The zero-order chi connectivity index (χ0) is 22.1. The molecule has 0 saturated carbocycles. The maximum atomic E-state index is 12.5. The van der Waals surface area contributed by atoms with Crippen molar-refractivity contribution in [2.24, 2.45) is 5.16 Å². The summed E-state index contributed by atoms with van der Waals surface area (Å²) in [5.41, 5.74) is 1.84. The number of hydrogen-bond acceptors (Lipinski definition) is 7. The number of ether oxygens (including phenoxy) is 1. The second-order valence-electron chi connectivity index (χ2n) is 6.58. The smallest absolute Gasteiger partial charge is 0.365 e. The number of hydrogen-bond donors (Lipinski definition) is 0. The largest absolute Gasteiger partial charge is 0.494 e. The van der Waals surface area contributed by atoms with E-state index in [9.17, 15) is 14.9 Å². The van der Waals surface area contributed by atoms with Gasteiger partial charge in [0, 0.05) is 35.7 Å². The summed E-state index contributed by atoms with van der Waals surface area (Å²) in [6.07, 6.45) is 5.15. The number of benzene rings is 2. The summed E-state index contributed by atoms with van der Waals surface area (Å²) in [7, 11) is 0. The Hall–Kier alpha value is -4.07. The van der Waals surface area contributed by atoms with Crippen LogP contribution >= 0.6 is 0 Å². The number of nitrogens with zero attached hydrogens (tertiary/aromatic N) is 3. The summed E-state index contributed by atoms with van der Waals surface area (Å²) in [5.74, 6) is 0.0467. The van der Waals surface area contributed by atoms with Crippen molar-refractivity contribution in [3.8, 4) is 5.75 Å². The van der Waals surface area contributed by atoms with E-state index in [0.717, 1.165) is 12.8 Å². The van der Waals surface area contributed by atoms with Crippen molar-refractivity contribution in [3.05, 3.63) is 99.9 Å². The van der Waals surface area contributed by atoms with Gasteiger partial charge >= 0.3 is 5.97 Å². The Bertz CT molecular complexity index is 1050. The van der Waals surface area contributed by atoms with E-state index in [1.54, 1.807) is 60.9 Å². The van der Waals surface area contributed by atoms with Crippen molar-refractivity contribution < 1.29 is 19.3 Å². The lowest BCUT2D eigenvalue weighted by molar-refractivity contribution is -0.384. The number of unbranched alkanes of at least 4 members (excludes halogenated alkanes) is 1. The fourth-order valence-electron chi connectivity index (χ4n) is 2.68. The van der Waals surface area contributed by atoms with Crippen molar-refractivity contribution in [1.29, 1.82) is 0 Å². The SMILES string of the molecule is CCCCOc1ccc(C(=O)O/N=C(/c2ccncc2)c2ccc([N+](=O)[O-])cc2)cc1. The molecule has 0 spiro atoms. The van der Waals surface area contributed by atoms with E-state index in [-0.39, 0.29) is 5.69 Å². The first-order valence-corrected chi connectivity index (χ1v) is 9.76. The first-order chi connectivity index (χ1) is 15.1. The minimum Gasteiger partial charge on any atom is -0.494 e. The van der Waals surface area contributed by atoms with E-state index in [1.807, 2.05) is 0 Å². The predicted molar refractivity (Wildman–Crippen MR) is 115 cm³/mol. The summed E-state index contributed by atoms with van der Waals surface area (Å²) >= 11 is 0. The number of rotatable bonds is 9. The lowest BCUT2D eigenvalue weighted by Gasteiger charge is -2.07. The average Bonchev–Trinajstić information content (AvgIpc) is 2.81. The van der Waals surface area contributed by atoms with Crippen molar-refractivity contribution in [1.82, 2.24) is 4.98 Å². The van der Waals surface area contributed by atoms with Gasteiger partial charge in [-0.3, -0.25) is 15.1 Å². The van der Waals surface area contributed by atoms with Crippen LogP contribution in [0.5, 0.6) is 5.75 Å². The fourth-order valence-corrected chi connectivity index (χ4v) is 2.68. The molecule has 8 heteroatoms. The minimum absolute atomic E-state index is 0.0453. The van der Waals surface area contributed by atoms with Gasteiger partial charge in [-0.15, -0.1) is 0 Å². The lowest BCUT2D eigenvalue weighted by Crippen LogP contribution is -2.08. The van der Waals surface area contributed by atoms with E-state index in [0.29, 0.717) is 34.8 Å². The number of nitro benzene ring substituents is 1. The Morgan fingerprint density at radius 2 is 1.58 bits per heavy atom. The van der Waals surface area contributed by atoms with Crippen molar-refractivity contribution in [2.45, 2.75) is 19.8 Å². The summed E-state index contributed by atoms with van der Waals surface area (Å²) < 4.78 is 5.59. The molecular formula is C23H21N3O5. The highest BCUT2D eigenvalue weighted by molar-refractivity contribution is 6.12. The van der Waals surface area contributed by atoms with Crippen LogP contribution in [0.15, 0.2) is 78.2 Å². The molecule has 0 aliphatic rings. The van der Waals surface area contributed by atoms with Gasteiger partial charge in [-0.2, -0.15) is 0 Å². The highest BCUT2D eigenvalue weighted by Crippen LogP contribution is 2.17. The molecule has 0 aliphatic heterocycles. The quantitative estimate of drug-likeness (QED) is 0.163. The van der Waals surface area contributed by atoms with Crippen LogP contribution in [0.25, 0.3) is 0 Å². The van der Waals surface area contributed by atoms with E-state index >= 15 is 0 Å². The highest BCUT2D eigenvalue weighted by Gasteiger charge is 2.13. The molecule has 0 atom stereocenters. The third kappa shape index (κ3) is 5.96. The molecule has 0 amide bonds. The Morgan fingerprint density at radius 1 is 0.968 bits per heavy atom. The molecule has 1 heterocycles. The Labute approximate surface area is 179 Å². The first-order valence-electron chi connectivity index (χ1n) is 9.76. The van der Waals surface area contributed by atoms with Crippen LogP contribution < -0.4 is 4.74 Å². The van der Waals surface area contributed by atoms with E-state index in [4.69, 9.17) is 9.57 Å². The van der Waals surface area contributed by atoms with Gasteiger partial charge in [0.1, 0.15) is 11.5 Å². The molecule has 0 unspecified atom stereocenters. The second-order valence-corrected chi connectivity index (χ2v) is 6.58. The molecule has 0 fully saturated rings. The van der Waals surface area contributed by atoms with Crippen LogP contribution in [0.2, 0.25) is 0 Å². The Morgan fingerprint density at radius 3 is 2.19 bits per heavy atom. The Kier molecular flexibility index (Phi) is 7.42. The molecule has 0 N–H and O–H groups in total. The van der Waals surface area contributed by atoms with E-state index in [2.05, 4.69) is 17.1 Å². The number of nitro groups is 1. The topological polar surface area (TPSA) is 104 Å². The lowest BCUT2D eigenvalue weighted by atomic mass is 10.0. The van der Waals surface area contributed by atoms with Crippen LogP contribution in [-0.4, -0.2) is 28.2 Å². The van der Waals surface area contributed by atoms with E-state index < -0.39 is 10.9 Å². The third-order valence-electron chi connectivity index (χ3n) is 4.38. The molecule has 1 aromatic heterocycles. The summed E-state index contributed by atoms with van der Waals surface area (Å²) in [6.45, 7) is 2.70. The van der Waals surface area contributed by atoms with Crippen LogP contribution in [0.3, 0.4) is 0 Å². The van der Waals surface area contributed by atoms with E-state index in [1.165, 1.54) is 12.1 Å². The van der Waals surface area contributed by atoms with Gasteiger partial charge in [-0.05, 0) is 55.0 Å². The normalized spacial score (nSPS) is 11.1. The molecule has 0 bridgehead atoms. The maximum Gasteiger partial charge on any atom is 0.365 e. The fraction of sp³-hybridized carbons (Fsp3) is 0.174. The number of aromatic nitrogens is 1. The molecule has 0 aliphatic carbocycles. The van der Waals surface area contributed by atoms with Gasteiger partial charge in [0.25, 0.3) is 5.69 Å². The Balaban J connectivity index is 1.79. The van der Waals surface area contributed by atoms with Crippen molar-refractivity contribution >= 4 is 17.4 Å². The van der Waals surface area contributed by atoms with Crippen LogP contribution in [0.4, 0.5) is 5.69 Å². The molecule has 3 aromatic rings. The molecule has 8 nitrogen and oxygen atoms in total.